The van der Waals surface area contributed by atoms with Gasteiger partial charge >= 0.3 is 0 Å². The lowest BCUT2D eigenvalue weighted by atomic mass is 9.91. The van der Waals surface area contributed by atoms with Crippen LogP contribution < -0.4 is 14.8 Å². The number of ether oxygens (including phenoxy) is 3. The van der Waals surface area contributed by atoms with Crippen molar-refractivity contribution in [1.29, 1.82) is 0 Å². The summed E-state index contributed by atoms with van der Waals surface area (Å²) in [4.78, 5) is 11.2. The number of anilines is 2. The largest absolute Gasteiger partial charge is 0.497 e. The minimum absolute atomic E-state index is 0.00865. The first-order chi connectivity index (χ1) is 19.3. The standard InChI is InChI=1S/C29H33FN4O5S/c1-18-28(33-27-10-9-25(13-26(27)30)40(35,36)24-7-8-24)31-17-32-29(18)39-23-11-20-15-38-16-21(12-23)34(20)14-19-3-5-22(37-2)6-4-19/h3-6,9-10,13,17,20-21,23-24H,7-8,11-12,14-16H2,1-2H3,(H,31,32,33)/t20-,21?,23?/m1/s1. The third kappa shape index (κ3) is 5.50. The molecule has 1 aliphatic carbocycles. The highest BCUT2D eigenvalue weighted by atomic mass is 32.2. The fraction of sp³-hybridized carbons (Fsp3) is 0.448. The van der Waals surface area contributed by atoms with E-state index in [-0.39, 0.29) is 28.8 Å². The summed E-state index contributed by atoms with van der Waals surface area (Å²) in [5.74, 6) is 1.04. The van der Waals surface area contributed by atoms with Crippen molar-refractivity contribution in [3.8, 4) is 11.6 Å². The van der Waals surface area contributed by atoms with Gasteiger partial charge in [-0.3, -0.25) is 4.90 Å². The minimum Gasteiger partial charge on any atom is -0.497 e. The van der Waals surface area contributed by atoms with Gasteiger partial charge in [0, 0.05) is 31.5 Å². The molecular formula is C29H33FN4O5S. The van der Waals surface area contributed by atoms with Crippen LogP contribution >= 0.6 is 0 Å². The molecule has 3 heterocycles. The maximum absolute atomic E-state index is 14.9. The summed E-state index contributed by atoms with van der Waals surface area (Å²) in [5.41, 5.74) is 2.02. The van der Waals surface area contributed by atoms with Crippen molar-refractivity contribution in [2.24, 2.45) is 0 Å². The quantitative estimate of drug-likeness (QED) is 0.402. The highest BCUT2D eigenvalue weighted by Crippen LogP contribution is 2.36. The number of benzene rings is 2. The Kier molecular flexibility index (Phi) is 7.37. The predicted molar refractivity (Wildman–Crippen MR) is 147 cm³/mol. The number of halogens is 1. The third-order valence-corrected chi connectivity index (χ3v) is 10.2. The molecule has 11 heteroatoms. The van der Waals surface area contributed by atoms with Crippen molar-refractivity contribution < 1.29 is 27.0 Å². The number of fused-ring (bicyclic) bond motifs is 2. The van der Waals surface area contributed by atoms with Crippen molar-refractivity contribution in [2.45, 2.75) is 67.5 Å². The van der Waals surface area contributed by atoms with Crippen LogP contribution in [0.15, 0.2) is 53.7 Å². The molecule has 3 aromatic rings. The van der Waals surface area contributed by atoms with E-state index in [1.54, 1.807) is 7.11 Å². The number of nitrogens with zero attached hydrogens (tertiary/aromatic N) is 3. The molecular weight excluding hydrogens is 535 g/mol. The van der Waals surface area contributed by atoms with E-state index in [1.807, 2.05) is 19.1 Å². The Morgan fingerprint density at radius 3 is 2.45 bits per heavy atom. The SMILES string of the molecule is COc1ccc(CN2C3COC[C@H]2CC(Oc2ncnc(Nc4ccc(S(=O)(=O)C5CC5)cc4F)c2C)C3)cc1. The van der Waals surface area contributed by atoms with Crippen LogP contribution in [0.1, 0.15) is 36.8 Å². The highest BCUT2D eigenvalue weighted by molar-refractivity contribution is 7.92. The second kappa shape index (κ2) is 10.9. The van der Waals surface area contributed by atoms with E-state index in [9.17, 15) is 12.8 Å². The monoisotopic (exact) mass is 568 g/mol. The van der Waals surface area contributed by atoms with E-state index in [4.69, 9.17) is 14.2 Å². The Balaban J connectivity index is 1.13. The van der Waals surface area contributed by atoms with Crippen LogP contribution in [0.3, 0.4) is 0 Å². The van der Waals surface area contributed by atoms with Gasteiger partial charge in [0.1, 0.15) is 29.8 Å². The number of hydrogen-bond acceptors (Lipinski definition) is 9. The number of sulfone groups is 1. The first-order valence-corrected chi connectivity index (χ1v) is 15.1. The molecule has 2 saturated heterocycles. The lowest BCUT2D eigenvalue weighted by molar-refractivity contribution is -0.104. The molecule has 3 fully saturated rings. The molecule has 1 aromatic heterocycles. The van der Waals surface area contributed by atoms with Crippen LogP contribution in [0.4, 0.5) is 15.9 Å². The zero-order valence-electron chi connectivity index (χ0n) is 22.5. The van der Waals surface area contributed by atoms with Crippen LogP contribution in [0.25, 0.3) is 0 Å². The van der Waals surface area contributed by atoms with Gasteiger partial charge < -0.3 is 19.5 Å². The second-order valence-electron chi connectivity index (χ2n) is 10.7. The summed E-state index contributed by atoms with van der Waals surface area (Å²) in [6, 6.07) is 12.6. The van der Waals surface area contributed by atoms with Gasteiger partial charge in [0.15, 0.2) is 9.84 Å². The molecule has 2 aliphatic heterocycles. The van der Waals surface area contributed by atoms with E-state index in [1.165, 1.54) is 24.0 Å². The number of aromatic nitrogens is 2. The topological polar surface area (TPSA) is 103 Å². The van der Waals surface area contributed by atoms with Crippen molar-refractivity contribution in [1.82, 2.24) is 14.9 Å². The second-order valence-corrected chi connectivity index (χ2v) is 13.0. The lowest BCUT2D eigenvalue weighted by Crippen LogP contribution is -2.58. The average Bonchev–Trinajstić information content (AvgIpc) is 3.79. The average molecular weight is 569 g/mol. The van der Waals surface area contributed by atoms with Gasteiger partial charge in [0.05, 0.1) is 41.7 Å². The normalized spacial score (nSPS) is 23.0. The van der Waals surface area contributed by atoms with E-state index >= 15 is 0 Å². The molecule has 1 N–H and O–H groups in total. The molecule has 212 valence electrons. The van der Waals surface area contributed by atoms with Crippen LogP contribution in [-0.4, -0.2) is 67.0 Å². The van der Waals surface area contributed by atoms with Gasteiger partial charge in [-0.2, -0.15) is 0 Å². The van der Waals surface area contributed by atoms with Crippen molar-refractivity contribution >= 4 is 21.3 Å². The molecule has 2 unspecified atom stereocenters. The van der Waals surface area contributed by atoms with Crippen LogP contribution in [0.5, 0.6) is 11.6 Å². The number of nitrogens with one attached hydrogen (secondary N) is 1. The van der Waals surface area contributed by atoms with E-state index < -0.39 is 20.9 Å². The maximum Gasteiger partial charge on any atom is 0.221 e. The molecule has 40 heavy (non-hydrogen) atoms. The Labute approximate surface area is 233 Å². The molecule has 0 amide bonds. The van der Waals surface area contributed by atoms with Gasteiger partial charge in [-0.15, -0.1) is 0 Å². The molecule has 2 aromatic carbocycles. The zero-order chi connectivity index (χ0) is 27.9. The van der Waals surface area contributed by atoms with Crippen molar-refractivity contribution in [2.75, 3.05) is 25.6 Å². The third-order valence-electron chi connectivity index (χ3n) is 7.95. The first kappa shape index (κ1) is 26.9. The number of rotatable bonds is 9. The van der Waals surface area contributed by atoms with Gasteiger partial charge in [-0.25, -0.2) is 22.8 Å². The Morgan fingerprint density at radius 1 is 1.07 bits per heavy atom. The summed E-state index contributed by atoms with van der Waals surface area (Å²) in [5, 5.41) is 2.59. The van der Waals surface area contributed by atoms with Gasteiger partial charge in [0.25, 0.3) is 0 Å². The Hall–Kier alpha value is -3.28. The molecule has 3 atom stereocenters. The summed E-state index contributed by atoms with van der Waals surface area (Å²) in [6.45, 7) is 3.95. The highest BCUT2D eigenvalue weighted by Gasteiger charge is 2.40. The zero-order valence-corrected chi connectivity index (χ0v) is 23.4. The molecule has 0 radical (unpaired) electrons. The summed E-state index contributed by atoms with van der Waals surface area (Å²) in [6.07, 6.45) is 4.19. The molecule has 9 nitrogen and oxygen atoms in total. The molecule has 3 aliphatic rings. The molecule has 2 bridgehead atoms. The fourth-order valence-corrected chi connectivity index (χ4v) is 7.21. The summed E-state index contributed by atoms with van der Waals surface area (Å²) < 4.78 is 57.4. The van der Waals surface area contributed by atoms with Crippen LogP contribution in [0, 0.1) is 12.7 Å². The summed E-state index contributed by atoms with van der Waals surface area (Å²) >= 11 is 0. The first-order valence-electron chi connectivity index (χ1n) is 13.6. The van der Waals surface area contributed by atoms with Crippen molar-refractivity contribution in [3.63, 3.8) is 0 Å². The van der Waals surface area contributed by atoms with Gasteiger partial charge in [-0.1, -0.05) is 12.1 Å². The molecule has 1 saturated carbocycles. The molecule has 6 rings (SSSR count). The van der Waals surface area contributed by atoms with Crippen LogP contribution in [-0.2, 0) is 21.1 Å². The smallest absolute Gasteiger partial charge is 0.221 e. The van der Waals surface area contributed by atoms with E-state index in [0.29, 0.717) is 43.3 Å². The van der Waals surface area contributed by atoms with E-state index in [0.717, 1.165) is 31.2 Å². The van der Waals surface area contributed by atoms with E-state index in [2.05, 4.69) is 32.3 Å². The summed E-state index contributed by atoms with van der Waals surface area (Å²) in [7, 11) is -1.81. The number of piperidine rings is 1. The Morgan fingerprint density at radius 2 is 1.80 bits per heavy atom. The van der Waals surface area contributed by atoms with Gasteiger partial charge in [0.2, 0.25) is 5.88 Å². The number of morpholine rings is 1. The minimum atomic E-state index is -3.47. The number of hydrogen-bond donors (Lipinski definition) is 1. The molecule has 0 spiro atoms. The van der Waals surface area contributed by atoms with Gasteiger partial charge in [-0.05, 0) is 55.7 Å². The fourth-order valence-electron chi connectivity index (χ4n) is 5.55. The predicted octanol–water partition coefficient (Wildman–Crippen LogP) is 4.42. The Bertz CT molecular complexity index is 1470. The maximum atomic E-state index is 14.9. The number of methoxy groups -OCH3 is 1. The lowest BCUT2D eigenvalue weighted by Gasteiger charge is -2.48. The van der Waals surface area contributed by atoms with Crippen molar-refractivity contribution in [3.05, 3.63) is 65.7 Å². The van der Waals surface area contributed by atoms with Crippen LogP contribution in [0.2, 0.25) is 0 Å².